The number of aromatic nitrogens is 3. The van der Waals surface area contributed by atoms with Gasteiger partial charge in [-0.3, -0.25) is 9.48 Å². The van der Waals surface area contributed by atoms with E-state index in [-0.39, 0.29) is 5.78 Å². The molecule has 0 unspecified atom stereocenters. The second kappa shape index (κ2) is 5.61. The van der Waals surface area contributed by atoms with Gasteiger partial charge in [0.1, 0.15) is 5.01 Å². The number of ketones is 1. The number of thiazole rings is 1. The molecule has 0 radical (unpaired) electrons. The van der Waals surface area contributed by atoms with E-state index in [1.165, 1.54) is 11.3 Å². The first kappa shape index (κ1) is 13.7. The Kier molecular flexibility index (Phi) is 3.66. The zero-order chi connectivity index (χ0) is 14.8. The number of hydrogen-bond donors (Lipinski definition) is 0. The topological polar surface area (TPSA) is 47.8 Å². The van der Waals surface area contributed by atoms with E-state index in [1.54, 1.807) is 10.9 Å². The molecule has 2 heterocycles. The molecule has 3 rings (SSSR count). The van der Waals surface area contributed by atoms with Crippen LogP contribution < -0.4 is 0 Å². The van der Waals surface area contributed by atoms with E-state index in [0.29, 0.717) is 12.0 Å². The highest BCUT2D eigenvalue weighted by Crippen LogP contribution is 2.22. The van der Waals surface area contributed by atoms with Crippen LogP contribution in [-0.4, -0.2) is 20.5 Å². The normalized spacial score (nSPS) is 10.8. The van der Waals surface area contributed by atoms with Crippen LogP contribution in [0.5, 0.6) is 0 Å². The highest BCUT2D eigenvalue weighted by atomic mass is 32.1. The monoisotopic (exact) mass is 297 g/mol. The Morgan fingerprint density at radius 3 is 2.71 bits per heavy atom. The van der Waals surface area contributed by atoms with Gasteiger partial charge >= 0.3 is 0 Å². The van der Waals surface area contributed by atoms with Gasteiger partial charge in [-0.15, -0.1) is 11.3 Å². The molecule has 0 saturated carbocycles. The van der Waals surface area contributed by atoms with Gasteiger partial charge < -0.3 is 0 Å². The van der Waals surface area contributed by atoms with Gasteiger partial charge in [-0.1, -0.05) is 30.3 Å². The molecule has 0 N–H and O–H groups in total. The summed E-state index contributed by atoms with van der Waals surface area (Å²) in [6, 6.07) is 9.99. The molecule has 0 aliphatic heterocycles. The Hall–Kier alpha value is -2.27. The molecule has 0 aliphatic rings. The maximum atomic E-state index is 12.3. The average molecular weight is 297 g/mol. The molecule has 0 saturated heterocycles. The van der Waals surface area contributed by atoms with Crippen LogP contribution in [0.1, 0.15) is 21.1 Å². The van der Waals surface area contributed by atoms with Crippen LogP contribution in [0.15, 0.2) is 41.9 Å². The number of hydrogen-bond acceptors (Lipinski definition) is 4. The van der Waals surface area contributed by atoms with Gasteiger partial charge in [-0.05, 0) is 6.92 Å². The van der Waals surface area contributed by atoms with Crippen LogP contribution in [-0.2, 0) is 13.5 Å². The van der Waals surface area contributed by atoms with Crippen molar-refractivity contribution in [2.45, 2.75) is 13.3 Å². The summed E-state index contributed by atoms with van der Waals surface area (Å²) in [5.74, 6) is 0.0644. The molecule has 106 valence electrons. The zero-order valence-corrected chi connectivity index (χ0v) is 12.7. The van der Waals surface area contributed by atoms with Crippen molar-refractivity contribution in [1.82, 2.24) is 14.8 Å². The number of Topliss-reactive ketones (excluding diaryl/α,β-unsaturated/α-hetero) is 1. The molecule has 21 heavy (non-hydrogen) atoms. The largest absolute Gasteiger partial charge is 0.294 e. The highest BCUT2D eigenvalue weighted by molar-refractivity contribution is 7.10. The lowest BCUT2D eigenvalue weighted by Gasteiger charge is -1.96. The summed E-state index contributed by atoms with van der Waals surface area (Å²) >= 11 is 1.52. The maximum absolute atomic E-state index is 12.3. The molecule has 3 aromatic rings. The van der Waals surface area contributed by atoms with Crippen molar-refractivity contribution in [2.24, 2.45) is 7.05 Å². The van der Waals surface area contributed by atoms with Crippen molar-refractivity contribution in [2.75, 3.05) is 0 Å². The second-order valence-electron chi connectivity index (χ2n) is 4.89. The number of benzene rings is 1. The first-order chi connectivity index (χ1) is 10.1. The first-order valence-electron chi connectivity index (χ1n) is 6.67. The molecule has 1 aromatic carbocycles. The summed E-state index contributed by atoms with van der Waals surface area (Å²) in [5.41, 5.74) is 3.44. The maximum Gasteiger partial charge on any atom is 0.173 e. The van der Waals surface area contributed by atoms with Crippen LogP contribution in [0.25, 0.3) is 11.3 Å². The third-order valence-electron chi connectivity index (χ3n) is 3.25. The minimum Gasteiger partial charge on any atom is -0.294 e. The van der Waals surface area contributed by atoms with Gasteiger partial charge in [-0.2, -0.15) is 5.10 Å². The molecule has 0 aliphatic carbocycles. The van der Waals surface area contributed by atoms with Gasteiger partial charge in [0.2, 0.25) is 0 Å². The van der Waals surface area contributed by atoms with Crippen molar-refractivity contribution >= 4 is 17.1 Å². The third kappa shape index (κ3) is 2.92. The summed E-state index contributed by atoms with van der Waals surface area (Å²) in [4.78, 5) is 16.9. The van der Waals surface area contributed by atoms with Crippen LogP contribution in [0.2, 0.25) is 0 Å². The van der Waals surface area contributed by atoms with E-state index in [4.69, 9.17) is 0 Å². The SMILES string of the molecule is Cc1nn(C)cc1C(=O)Cc1nc(-c2ccccc2)cs1. The van der Waals surface area contributed by atoms with E-state index in [0.717, 1.165) is 22.0 Å². The highest BCUT2D eigenvalue weighted by Gasteiger charge is 2.15. The fourth-order valence-corrected chi connectivity index (χ4v) is 3.04. The average Bonchev–Trinajstić information content (AvgIpc) is 3.06. The Bertz CT molecular complexity index is 774. The molecule has 2 aromatic heterocycles. The number of nitrogens with zero attached hydrogens (tertiary/aromatic N) is 3. The molecule has 0 bridgehead atoms. The molecule has 0 spiro atoms. The van der Waals surface area contributed by atoms with Crippen molar-refractivity contribution in [3.8, 4) is 11.3 Å². The van der Waals surface area contributed by atoms with E-state index >= 15 is 0 Å². The van der Waals surface area contributed by atoms with Crippen LogP contribution in [0, 0.1) is 6.92 Å². The van der Waals surface area contributed by atoms with E-state index in [1.807, 2.05) is 49.7 Å². The number of carbonyl (C=O) groups excluding carboxylic acids is 1. The van der Waals surface area contributed by atoms with Gasteiger partial charge in [0.25, 0.3) is 0 Å². The lowest BCUT2D eigenvalue weighted by Crippen LogP contribution is -2.03. The molecule has 0 fully saturated rings. The van der Waals surface area contributed by atoms with Gasteiger partial charge in [0.15, 0.2) is 5.78 Å². The van der Waals surface area contributed by atoms with E-state index in [9.17, 15) is 4.79 Å². The minimum atomic E-state index is 0.0644. The Labute approximate surface area is 127 Å². The summed E-state index contributed by atoms with van der Waals surface area (Å²) in [5, 5.41) is 7.03. The predicted molar refractivity (Wildman–Crippen MR) is 83.5 cm³/mol. The quantitative estimate of drug-likeness (QED) is 0.694. The van der Waals surface area contributed by atoms with Gasteiger partial charge in [0.05, 0.1) is 23.4 Å². The molecule has 5 heteroatoms. The van der Waals surface area contributed by atoms with Gasteiger partial charge in [0, 0.05) is 24.2 Å². The number of aryl methyl sites for hydroxylation is 2. The fraction of sp³-hybridized carbons (Fsp3) is 0.188. The minimum absolute atomic E-state index is 0.0644. The van der Waals surface area contributed by atoms with Crippen molar-refractivity contribution in [1.29, 1.82) is 0 Å². The summed E-state index contributed by atoms with van der Waals surface area (Å²) in [6.07, 6.45) is 2.09. The van der Waals surface area contributed by atoms with Crippen molar-refractivity contribution in [3.05, 3.63) is 58.2 Å². The van der Waals surface area contributed by atoms with Crippen LogP contribution in [0.4, 0.5) is 0 Å². The Morgan fingerprint density at radius 2 is 2.05 bits per heavy atom. The lowest BCUT2D eigenvalue weighted by molar-refractivity contribution is 0.0992. The molecular weight excluding hydrogens is 282 g/mol. The smallest absolute Gasteiger partial charge is 0.173 e. The lowest BCUT2D eigenvalue weighted by atomic mass is 10.1. The predicted octanol–water partition coefficient (Wildman–Crippen LogP) is 3.28. The Balaban J connectivity index is 1.79. The third-order valence-corrected chi connectivity index (χ3v) is 4.10. The van der Waals surface area contributed by atoms with Crippen LogP contribution >= 0.6 is 11.3 Å². The van der Waals surface area contributed by atoms with E-state index in [2.05, 4.69) is 10.1 Å². The molecule has 0 amide bonds. The number of rotatable bonds is 4. The van der Waals surface area contributed by atoms with E-state index < -0.39 is 0 Å². The Morgan fingerprint density at radius 1 is 1.29 bits per heavy atom. The number of carbonyl (C=O) groups is 1. The molecular formula is C16H15N3OS. The molecule has 0 atom stereocenters. The van der Waals surface area contributed by atoms with Crippen LogP contribution in [0.3, 0.4) is 0 Å². The zero-order valence-electron chi connectivity index (χ0n) is 11.9. The summed E-state index contributed by atoms with van der Waals surface area (Å²) in [7, 11) is 1.82. The summed E-state index contributed by atoms with van der Waals surface area (Å²) in [6.45, 7) is 1.85. The summed E-state index contributed by atoms with van der Waals surface area (Å²) < 4.78 is 1.67. The molecule has 4 nitrogen and oxygen atoms in total. The van der Waals surface area contributed by atoms with Crippen molar-refractivity contribution < 1.29 is 4.79 Å². The standard InChI is InChI=1S/C16H15N3OS/c1-11-13(9-19(2)18-11)15(20)8-16-17-14(10-21-16)12-6-4-3-5-7-12/h3-7,9-10H,8H2,1-2H3. The fourth-order valence-electron chi connectivity index (χ4n) is 2.24. The first-order valence-corrected chi connectivity index (χ1v) is 7.54. The van der Waals surface area contributed by atoms with Gasteiger partial charge in [-0.25, -0.2) is 4.98 Å². The van der Waals surface area contributed by atoms with Crippen molar-refractivity contribution in [3.63, 3.8) is 0 Å². The second-order valence-corrected chi connectivity index (χ2v) is 5.84.